The number of nitro groups is 1. The molecule has 0 fully saturated rings. The molecule has 25 heavy (non-hydrogen) atoms. The van der Waals surface area contributed by atoms with Gasteiger partial charge in [0.15, 0.2) is 6.61 Å². The van der Waals surface area contributed by atoms with E-state index in [1.807, 2.05) is 26.0 Å². The van der Waals surface area contributed by atoms with Crippen LogP contribution in [0, 0.1) is 10.1 Å². The summed E-state index contributed by atoms with van der Waals surface area (Å²) in [7, 11) is 0. The maximum atomic E-state index is 11.9. The number of benzene rings is 2. The number of para-hydroxylation sites is 2. The van der Waals surface area contributed by atoms with Gasteiger partial charge in [-0.15, -0.1) is 0 Å². The van der Waals surface area contributed by atoms with Crippen molar-refractivity contribution in [3.05, 3.63) is 69.8 Å². The van der Waals surface area contributed by atoms with Gasteiger partial charge < -0.3 is 10.1 Å². The topological polar surface area (TPSA) is 98.5 Å². The molecular weight excluding hydrogens is 324 g/mol. The number of ether oxygens (including phenoxy) is 1. The number of nitro benzene ring substituents is 1. The van der Waals surface area contributed by atoms with Gasteiger partial charge in [-0.2, -0.15) is 0 Å². The van der Waals surface area contributed by atoms with E-state index in [0.717, 1.165) is 5.56 Å². The Balaban J connectivity index is 1.93. The van der Waals surface area contributed by atoms with Crippen molar-refractivity contribution >= 4 is 23.3 Å². The highest BCUT2D eigenvalue weighted by molar-refractivity contribution is 5.96. The SMILES string of the molecule is CC(C)c1ccc(C(=O)OCC(=O)Nc2ccccc2[N+](=O)[O-])cc1. The van der Waals surface area contributed by atoms with E-state index in [9.17, 15) is 19.7 Å². The Morgan fingerprint density at radius 2 is 1.76 bits per heavy atom. The van der Waals surface area contributed by atoms with E-state index in [0.29, 0.717) is 11.5 Å². The minimum Gasteiger partial charge on any atom is -0.452 e. The summed E-state index contributed by atoms with van der Waals surface area (Å²) in [5, 5.41) is 13.3. The lowest BCUT2D eigenvalue weighted by Gasteiger charge is -2.08. The van der Waals surface area contributed by atoms with Gasteiger partial charge in [0.2, 0.25) is 0 Å². The Morgan fingerprint density at radius 3 is 2.36 bits per heavy atom. The number of hydrogen-bond donors (Lipinski definition) is 1. The first-order valence-electron chi connectivity index (χ1n) is 7.69. The zero-order chi connectivity index (χ0) is 18.4. The highest BCUT2D eigenvalue weighted by Gasteiger charge is 2.16. The molecule has 0 aromatic heterocycles. The fourth-order valence-corrected chi connectivity index (χ4v) is 2.14. The molecule has 0 spiro atoms. The normalized spacial score (nSPS) is 10.4. The molecule has 0 aliphatic rings. The van der Waals surface area contributed by atoms with Crippen molar-refractivity contribution in [1.29, 1.82) is 0 Å². The van der Waals surface area contributed by atoms with Crippen molar-refractivity contribution in [3.63, 3.8) is 0 Å². The third-order valence-corrected chi connectivity index (χ3v) is 3.52. The van der Waals surface area contributed by atoms with Crippen LogP contribution >= 0.6 is 0 Å². The van der Waals surface area contributed by atoms with Gasteiger partial charge in [-0.05, 0) is 29.7 Å². The number of hydrogen-bond acceptors (Lipinski definition) is 5. The fourth-order valence-electron chi connectivity index (χ4n) is 2.14. The first kappa shape index (κ1) is 18.1. The minimum absolute atomic E-state index is 0.0508. The lowest BCUT2D eigenvalue weighted by Crippen LogP contribution is -2.21. The van der Waals surface area contributed by atoms with Crippen molar-refractivity contribution in [2.45, 2.75) is 19.8 Å². The van der Waals surface area contributed by atoms with Crippen LogP contribution < -0.4 is 5.32 Å². The van der Waals surface area contributed by atoms with Crippen LogP contribution in [0.15, 0.2) is 48.5 Å². The first-order chi connectivity index (χ1) is 11.9. The maximum absolute atomic E-state index is 11.9. The molecule has 0 atom stereocenters. The molecule has 1 amide bonds. The average molecular weight is 342 g/mol. The maximum Gasteiger partial charge on any atom is 0.338 e. The number of anilines is 1. The van der Waals surface area contributed by atoms with Crippen molar-refractivity contribution in [2.75, 3.05) is 11.9 Å². The van der Waals surface area contributed by atoms with Crippen LogP contribution in [0.2, 0.25) is 0 Å². The van der Waals surface area contributed by atoms with E-state index in [-0.39, 0.29) is 11.4 Å². The molecular formula is C18H18N2O5. The Hall–Kier alpha value is -3.22. The van der Waals surface area contributed by atoms with Crippen LogP contribution in [-0.4, -0.2) is 23.4 Å². The van der Waals surface area contributed by atoms with E-state index < -0.39 is 23.4 Å². The zero-order valence-corrected chi connectivity index (χ0v) is 13.9. The summed E-state index contributed by atoms with van der Waals surface area (Å²) in [5.74, 6) is -0.938. The van der Waals surface area contributed by atoms with Crippen molar-refractivity contribution in [1.82, 2.24) is 0 Å². The van der Waals surface area contributed by atoms with Crippen molar-refractivity contribution < 1.29 is 19.2 Å². The highest BCUT2D eigenvalue weighted by Crippen LogP contribution is 2.23. The molecule has 2 aromatic rings. The summed E-state index contributed by atoms with van der Waals surface area (Å²) in [6, 6.07) is 12.7. The Kier molecular flexibility index (Phi) is 5.84. The second kappa shape index (κ2) is 8.05. The summed E-state index contributed by atoms with van der Waals surface area (Å²) >= 11 is 0. The zero-order valence-electron chi connectivity index (χ0n) is 13.9. The predicted octanol–water partition coefficient (Wildman–Crippen LogP) is 3.51. The predicted molar refractivity (Wildman–Crippen MR) is 92.5 cm³/mol. The number of amides is 1. The monoisotopic (exact) mass is 342 g/mol. The van der Waals surface area contributed by atoms with Gasteiger partial charge in [-0.3, -0.25) is 14.9 Å². The standard InChI is InChI=1S/C18H18N2O5/c1-12(2)13-7-9-14(10-8-13)18(22)25-11-17(21)19-15-5-3-4-6-16(15)20(23)24/h3-10,12H,11H2,1-2H3,(H,19,21). The van der Waals surface area contributed by atoms with Crippen LogP contribution in [0.1, 0.15) is 35.7 Å². The largest absolute Gasteiger partial charge is 0.452 e. The van der Waals surface area contributed by atoms with Crippen LogP contribution in [-0.2, 0) is 9.53 Å². The molecule has 2 aromatic carbocycles. The molecule has 0 aliphatic carbocycles. The third kappa shape index (κ3) is 4.87. The molecule has 0 saturated heterocycles. The van der Waals surface area contributed by atoms with Gasteiger partial charge in [0.25, 0.3) is 11.6 Å². The number of carbonyl (C=O) groups is 2. The van der Waals surface area contributed by atoms with E-state index in [1.54, 1.807) is 18.2 Å². The molecule has 0 saturated carbocycles. The average Bonchev–Trinajstić information content (AvgIpc) is 2.60. The third-order valence-electron chi connectivity index (χ3n) is 3.52. The van der Waals surface area contributed by atoms with Gasteiger partial charge in [0.05, 0.1) is 10.5 Å². The van der Waals surface area contributed by atoms with Crippen LogP contribution in [0.3, 0.4) is 0 Å². The Bertz CT molecular complexity index is 784. The van der Waals surface area contributed by atoms with E-state index in [1.165, 1.54) is 18.2 Å². The molecule has 0 bridgehead atoms. The van der Waals surface area contributed by atoms with E-state index in [4.69, 9.17) is 4.74 Å². The first-order valence-corrected chi connectivity index (χ1v) is 7.69. The Morgan fingerprint density at radius 1 is 1.12 bits per heavy atom. The summed E-state index contributed by atoms with van der Waals surface area (Å²) in [5.41, 5.74) is 1.25. The van der Waals surface area contributed by atoms with E-state index in [2.05, 4.69) is 5.32 Å². The number of carbonyl (C=O) groups excluding carboxylic acids is 2. The molecule has 0 heterocycles. The van der Waals surface area contributed by atoms with Crippen LogP contribution in [0.5, 0.6) is 0 Å². The van der Waals surface area contributed by atoms with Gasteiger partial charge in [-0.1, -0.05) is 38.1 Å². The Labute approximate surface area is 144 Å². The van der Waals surface area contributed by atoms with Gasteiger partial charge >= 0.3 is 5.97 Å². The summed E-state index contributed by atoms with van der Waals surface area (Å²) in [4.78, 5) is 34.1. The minimum atomic E-state index is -0.651. The summed E-state index contributed by atoms with van der Waals surface area (Å²) < 4.78 is 4.94. The smallest absolute Gasteiger partial charge is 0.338 e. The van der Waals surface area contributed by atoms with Crippen LogP contribution in [0.4, 0.5) is 11.4 Å². The molecule has 7 nitrogen and oxygen atoms in total. The molecule has 1 N–H and O–H groups in total. The highest BCUT2D eigenvalue weighted by atomic mass is 16.6. The molecule has 7 heteroatoms. The molecule has 0 aliphatic heterocycles. The van der Waals surface area contributed by atoms with Crippen LogP contribution in [0.25, 0.3) is 0 Å². The number of nitrogens with one attached hydrogen (secondary N) is 1. The number of esters is 1. The lowest BCUT2D eigenvalue weighted by atomic mass is 10.0. The van der Waals surface area contributed by atoms with E-state index >= 15 is 0 Å². The molecule has 0 radical (unpaired) electrons. The second-order valence-corrected chi connectivity index (χ2v) is 5.68. The number of nitrogens with zero attached hydrogens (tertiary/aromatic N) is 1. The summed E-state index contributed by atoms with van der Waals surface area (Å²) in [6.45, 7) is 3.55. The molecule has 130 valence electrons. The fraction of sp³-hybridized carbons (Fsp3) is 0.222. The second-order valence-electron chi connectivity index (χ2n) is 5.68. The number of rotatable bonds is 6. The van der Waals surface area contributed by atoms with Crippen molar-refractivity contribution in [2.24, 2.45) is 0 Å². The van der Waals surface area contributed by atoms with Gasteiger partial charge in [0, 0.05) is 6.07 Å². The molecule has 2 rings (SSSR count). The van der Waals surface area contributed by atoms with Gasteiger partial charge in [0.1, 0.15) is 5.69 Å². The molecule has 0 unspecified atom stereocenters. The summed E-state index contributed by atoms with van der Waals surface area (Å²) in [6.07, 6.45) is 0. The van der Waals surface area contributed by atoms with Crippen molar-refractivity contribution in [3.8, 4) is 0 Å². The lowest BCUT2D eigenvalue weighted by molar-refractivity contribution is -0.383. The van der Waals surface area contributed by atoms with Gasteiger partial charge in [-0.25, -0.2) is 4.79 Å². The quantitative estimate of drug-likeness (QED) is 0.492.